The van der Waals surface area contributed by atoms with E-state index in [2.05, 4.69) is 15.3 Å². The summed E-state index contributed by atoms with van der Waals surface area (Å²) in [5.74, 6) is 0.170. The smallest absolute Gasteiger partial charge is 0.125 e. The maximum Gasteiger partial charge on any atom is 0.125 e. The van der Waals surface area contributed by atoms with E-state index in [0.29, 0.717) is 11.4 Å². The fourth-order valence-electron chi connectivity index (χ4n) is 2.46. The number of halogens is 1. The third-order valence-corrected chi connectivity index (χ3v) is 3.31. The van der Waals surface area contributed by atoms with Crippen molar-refractivity contribution in [1.82, 2.24) is 15.3 Å². The summed E-state index contributed by atoms with van der Waals surface area (Å²) in [6.07, 6.45) is 3.83. The number of hydrogen-bond donors (Lipinski definition) is 1. The van der Waals surface area contributed by atoms with Gasteiger partial charge in [-0.1, -0.05) is 0 Å². The Labute approximate surface area is 99.1 Å². The van der Waals surface area contributed by atoms with Crippen molar-refractivity contribution in [3.8, 4) is 0 Å². The van der Waals surface area contributed by atoms with Gasteiger partial charge in [0.15, 0.2) is 0 Å². The summed E-state index contributed by atoms with van der Waals surface area (Å²) in [6.45, 7) is 2.03. The van der Waals surface area contributed by atoms with E-state index in [1.54, 1.807) is 6.07 Å². The van der Waals surface area contributed by atoms with Gasteiger partial charge in [0.25, 0.3) is 0 Å². The van der Waals surface area contributed by atoms with Crippen LogP contribution in [0, 0.1) is 5.82 Å². The van der Waals surface area contributed by atoms with Crippen molar-refractivity contribution in [2.45, 2.75) is 18.8 Å². The van der Waals surface area contributed by atoms with Crippen LogP contribution in [0.25, 0.3) is 10.9 Å². The van der Waals surface area contributed by atoms with Crippen molar-refractivity contribution in [1.29, 1.82) is 0 Å². The Kier molecular flexibility index (Phi) is 2.73. The number of hydrogen-bond acceptors (Lipinski definition) is 3. The molecule has 1 N–H and O–H groups in total. The predicted molar refractivity (Wildman–Crippen MR) is 64.3 cm³/mol. The molecule has 0 spiro atoms. The van der Waals surface area contributed by atoms with Gasteiger partial charge < -0.3 is 5.32 Å². The van der Waals surface area contributed by atoms with Gasteiger partial charge >= 0.3 is 0 Å². The molecule has 3 rings (SSSR count). The molecule has 4 heteroatoms. The second-order valence-electron chi connectivity index (χ2n) is 4.46. The van der Waals surface area contributed by atoms with Crippen molar-refractivity contribution >= 4 is 10.9 Å². The van der Waals surface area contributed by atoms with Crippen LogP contribution in [0.3, 0.4) is 0 Å². The van der Waals surface area contributed by atoms with Crippen molar-refractivity contribution < 1.29 is 4.39 Å². The van der Waals surface area contributed by atoms with Gasteiger partial charge in [-0.2, -0.15) is 0 Å². The van der Waals surface area contributed by atoms with Crippen molar-refractivity contribution in [2.75, 3.05) is 13.1 Å². The van der Waals surface area contributed by atoms with E-state index in [1.165, 1.54) is 18.5 Å². The van der Waals surface area contributed by atoms with Crippen LogP contribution in [-0.4, -0.2) is 23.1 Å². The molecular formula is C13H14FN3. The molecule has 0 amide bonds. The molecule has 88 valence electrons. The third-order valence-electron chi connectivity index (χ3n) is 3.31. The van der Waals surface area contributed by atoms with E-state index in [-0.39, 0.29) is 5.82 Å². The van der Waals surface area contributed by atoms with E-state index in [4.69, 9.17) is 0 Å². The van der Waals surface area contributed by atoms with Gasteiger partial charge in [0.1, 0.15) is 12.1 Å². The van der Waals surface area contributed by atoms with Gasteiger partial charge in [-0.15, -0.1) is 0 Å². The predicted octanol–water partition coefficient (Wildman–Crippen LogP) is 2.24. The molecule has 0 saturated carbocycles. The number of piperidine rings is 1. The molecule has 1 fully saturated rings. The number of rotatable bonds is 1. The molecule has 3 nitrogen and oxygen atoms in total. The molecule has 1 aliphatic rings. The summed E-state index contributed by atoms with van der Waals surface area (Å²) in [5, 5.41) is 4.35. The standard InChI is InChI=1S/C13H14FN3/c14-10-3-4-11-12(6-10)16-8-17-13(11)9-2-1-5-15-7-9/h3-4,6,8-9,15H,1-2,5,7H2. The van der Waals surface area contributed by atoms with E-state index in [1.807, 2.05) is 0 Å². The Balaban J connectivity index is 2.09. The molecule has 0 radical (unpaired) electrons. The molecule has 0 aliphatic carbocycles. The summed E-state index contributed by atoms with van der Waals surface area (Å²) in [6, 6.07) is 4.73. The van der Waals surface area contributed by atoms with E-state index < -0.39 is 0 Å². The Morgan fingerprint density at radius 2 is 2.24 bits per heavy atom. The van der Waals surface area contributed by atoms with Gasteiger partial charge in [0, 0.05) is 23.9 Å². The molecule has 0 bridgehead atoms. The average Bonchev–Trinajstić information content (AvgIpc) is 2.39. The van der Waals surface area contributed by atoms with Crippen molar-refractivity contribution in [2.24, 2.45) is 0 Å². The molecular weight excluding hydrogens is 217 g/mol. The molecule has 1 aromatic carbocycles. The lowest BCUT2D eigenvalue weighted by Gasteiger charge is -2.23. The van der Waals surface area contributed by atoms with Crippen LogP contribution < -0.4 is 5.32 Å². The fourth-order valence-corrected chi connectivity index (χ4v) is 2.46. The van der Waals surface area contributed by atoms with Crippen LogP contribution >= 0.6 is 0 Å². The summed E-state index contributed by atoms with van der Waals surface area (Å²) in [5.41, 5.74) is 1.74. The van der Waals surface area contributed by atoms with E-state index in [9.17, 15) is 4.39 Å². The first-order valence-electron chi connectivity index (χ1n) is 5.95. The number of nitrogens with one attached hydrogen (secondary N) is 1. The summed E-state index contributed by atoms with van der Waals surface area (Å²) < 4.78 is 13.1. The average molecular weight is 231 g/mol. The van der Waals surface area contributed by atoms with Gasteiger partial charge in [0.05, 0.1) is 11.2 Å². The van der Waals surface area contributed by atoms with Crippen molar-refractivity contribution in [3.05, 3.63) is 36.0 Å². The second-order valence-corrected chi connectivity index (χ2v) is 4.46. The Morgan fingerprint density at radius 1 is 1.29 bits per heavy atom. The lowest BCUT2D eigenvalue weighted by Crippen LogP contribution is -2.29. The molecule has 17 heavy (non-hydrogen) atoms. The zero-order chi connectivity index (χ0) is 11.7. The SMILES string of the molecule is Fc1ccc2c(C3CCCNC3)ncnc2c1. The van der Waals surface area contributed by atoms with Crippen LogP contribution in [0.15, 0.2) is 24.5 Å². The van der Waals surface area contributed by atoms with Crippen LogP contribution in [-0.2, 0) is 0 Å². The Morgan fingerprint density at radius 3 is 3.06 bits per heavy atom. The number of benzene rings is 1. The Bertz CT molecular complexity index is 535. The monoisotopic (exact) mass is 231 g/mol. The third kappa shape index (κ3) is 2.00. The zero-order valence-corrected chi connectivity index (χ0v) is 9.49. The Hall–Kier alpha value is -1.55. The number of fused-ring (bicyclic) bond motifs is 1. The summed E-state index contributed by atoms with van der Waals surface area (Å²) >= 11 is 0. The molecule has 2 heterocycles. The minimum atomic E-state index is -0.246. The van der Waals surface area contributed by atoms with Gasteiger partial charge in [0.2, 0.25) is 0 Å². The lowest BCUT2D eigenvalue weighted by molar-refractivity contribution is 0.456. The summed E-state index contributed by atoms with van der Waals surface area (Å²) in [4.78, 5) is 8.51. The highest BCUT2D eigenvalue weighted by Crippen LogP contribution is 2.27. The molecule has 1 saturated heterocycles. The number of aromatic nitrogens is 2. The summed E-state index contributed by atoms with van der Waals surface area (Å²) in [7, 11) is 0. The van der Waals surface area contributed by atoms with Gasteiger partial charge in [-0.25, -0.2) is 14.4 Å². The first kappa shape index (κ1) is 10.6. The second kappa shape index (κ2) is 4.37. The number of nitrogens with zero attached hydrogens (tertiary/aromatic N) is 2. The maximum atomic E-state index is 13.1. The highest BCUT2D eigenvalue weighted by molar-refractivity contribution is 5.81. The highest BCUT2D eigenvalue weighted by Gasteiger charge is 2.18. The largest absolute Gasteiger partial charge is 0.316 e. The van der Waals surface area contributed by atoms with Crippen LogP contribution in [0.1, 0.15) is 24.5 Å². The maximum absolute atomic E-state index is 13.1. The van der Waals surface area contributed by atoms with Crippen LogP contribution in [0.5, 0.6) is 0 Å². The van der Waals surface area contributed by atoms with Gasteiger partial charge in [-0.3, -0.25) is 0 Å². The molecule has 1 aromatic heterocycles. The van der Waals surface area contributed by atoms with Crippen molar-refractivity contribution in [3.63, 3.8) is 0 Å². The minimum absolute atomic E-state index is 0.246. The first-order valence-corrected chi connectivity index (χ1v) is 5.95. The quantitative estimate of drug-likeness (QED) is 0.818. The molecule has 1 aliphatic heterocycles. The van der Waals surface area contributed by atoms with E-state index in [0.717, 1.165) is 37.0 Å². The first-order chi connectivity index (χ1) is 8.34. The zero-order valence-electron chi connectivity index (χ0n) is 9.49. The van der Waals surface area contributed by atoms with E-state index >= 15 is 0 Å². The fraction of sp³-hybridized carbons (Fsp3) is 0.385. The highest BCUT2D eigenvalue weighted by atomic mass is 19.1. The van der Waals surface area contributed by atoms with Crippen LogP contribution in [0.4, 0.5) is 4.39 Å². The lowest BCUT2D eigenvalue weighted by atomic mass is 9.93. The van der Waals surface area contributed by atoms with Crippen LogP contribution in [0.2, 0.25) is 0 Å². The normalized spacial score (nSPS) is 20.6. The molecule has 2 aromatic rings. The molecule has 1 unspecified atom stereocenters. The van der Waals surface area contributed by atoms with Gasteiger partial charge in [-0.05, 0) is 31.5 Å². The topological polar surface area (TPSA) is 37.8 Å². The molecule has 1 atom stereocenters. The minimum Gasteiger partial charge on any atom is -0.316 e.